The van der Waals surface area contributed by atoms with Crippen LogP contribution in [-0.2, 0) is 6.54 Å². The van der Waals surface area contributed by atoms with Gasteiger partial charge < -0.3 is 9.42 Å². The maximum atomic E-state index is 5.38. The maximum Gasteiger partial charge on any atom is 0.225 e. The molecule has 1 aliphatic rings. The lowest BCUT2D eigenvalue weighted by Crippen LogP contribution is -2.46. The highest BCUT2D eigenvalue weighted by atomic mass is 79.9. The summed E-state index contributed by atoms with van der Waals surface area (Å²) < 4.78 is 6.28. The minimum Gasteiger partial charge on any atom is -0.356 e. The fourth-order valence-corrected chi connectivity index (χ4v) is 3.04. The van der Waals surface area contributed by atoms with Crippen molar-refractivity contribution in [2.45, 2.75) is 6.54 Å². The Morgan fingerprint density at radius 3 is 2.57 bits per heavy atom. The second-order valence-electron chi connectivity index (χ2n) is 5.59. The van der Waals surface area contributed by atoms with Gasteiger partial charge in [0.25, 0.3) is 0 Å². The van der Waals surface area contributed by atoms with E-state index in [-0.39, 0.29) is 0 Å². The lowest BCUT2D eigenvalue weighted by molar-refractivity contribution is 0.242. The Morgan fingerprint density at radius 1 is 1.04 bits per heavy atom. The number of para-hydroxylation sites is 1. The smallest absolute Gasteiger partial charge is 0.225 e. The first-order valence-corrected chi connectivity index (χ1v) is 8.37. The van der Waals surface area contributed by atoms with E-state index in [1.54, 1.807) is 12.4 Å². The van der Waals surface area contributed by atoms with Crippen molar-refractivity contribution in [3.63, 3.8) is 0 Å². The van der Waals surface area contributed by atoms with E-state index in [1.807, 2.05) is 18.2 Å². The molecule has 2 aromatic heterocycles. The third-order valence-corrected chi connectivity index (χ3v) is 4.50. The summed E-state index contributed by atoms with van der Waals surface area (Å²) in [6.07, 6.45) is 3.58. The molecule has 1 aromatic carbocycles. The zero-order chi connectivity index (χ0) is 15.6. The largest absolute Gasteiger partial charge is 0.356 e. The van der Waals surface area contributed by atoms with Gasteiger partial charge in [-0.25, -0.2) is 9.97 Å². The van der Waals surface area contributed by atoms with Crippen LogP contribution in [0.25, 0.3) is 11.0 Å². The van der Waals surface area contributed by atoms with E-state index in [0.29, 0.717) is 0 Å². The van der Waals surface area contributed by atoms with E-state index in [4.69, 9.17) is 4.52 Å². The standard InChI is InChI=1S/C16H16BrN5O/c17-12-9-18-16(19-10-12)22-7-5-21(6-8-22)11-14-13-3-1-2-4-15(13)23-20-14/h1-4,9-10H,5-8,11H2. The Hall–Kier alpha value is -1.99. The molecule has 4 rings (SSSR count). The molecule has 0 aliphatic carbocycles. The van der Waals surface area contributed by atoms with Crippen molar-refractivity contribution in [3.8, 4) is 0 Å². The summed E-state index contributed by atoms with van der Waals surface area (Å²) in [4.78, 5) is 13.3. The third-order valence-electron chi connectivity index (χ3n) is 4.09. The zero-order valence-electron chi connectivity index (χ0n) is 12.5. The molecule has 0 radical (unpaired) electrons. The van der Waals surface area contributed by atoms with Crippen molar-refractivity contribution in [1.29, 1.82) is 0 Å². The Labute approximate surface area is 142 Å². The molecular formula is C16H16BrN5O. The molecule has 0 amide bonds. The molecule has 118 valence electrons. The lowest BCUT2D eigenvalue weighted by Gasteiger charge is -2.34. The van der Waals surface area contributed by atoms with Gasteiger partial charge in [-0.05, 0) is 28.1 Å². The Kier molecular flexibility index (Phi) is 3.97. The number of aromatic nitrogens is 3. The summed E-state index contributed by atoms with van der Waals surface area (Å²) in [6, 6.07) is 8.00. The van der Waals surface area contributed by atoms with Crippen LogP contribution in [-0.4, -0.2) is 46.2 Å². The molecule has 0 unspecified atom stereocenters. The van der Waals surface area contributed by atoms with Crippen molar-refractivity contribution in [2.24, 2.45) is 0 Å². The molecule has 23 heavy (non-hydrogen) atoms. The molecule has 1 saturated heterocycles. The number of fused-ring (bicyclic) bond motifs is 1. The number of halogens is 1. The fraction of sp³-hybridized carbons (Fsp3) is 0.312. The number of piperazine rings is 1. The third kappa shape index (κ3) is 3.07. The van der Waals surface area contributed by atoms with Crippen LogP contribution in [0.3, 0.4) is 0 Å². The van der Waals surface area contributed by atoms with Crippen molar-refractivity contribution in [2.75, 3.05) is 31.1 Å². The average molecular weight is 374 g/mol. The number of benzene rings is 1. The first-order chi connectivity index (χ1) is 11.3. The monoisotopic (exact) mass is 373 g/mol. The molecule has 3 aromatic rings. The van der Waals surface area contributed by atoms with E-state index in [1.165, 1.54) is 0 Å². The van der Waals surface area contributed by atoms with Gasteiger partial charge in [0, 0.05) is 50.5 Å². The second kappa shape index (κ2) is 6.25. The fourth-order valence-electron chi connectivity index (χ4n) is 2.84. The summed E-state index contributed by atoms with van der Waals surface area (Å²) >= 11 is 3.36. The molecular weight excluding hydrogens is 358 g/mol. The first-order valence-electron chi connectivity index (χ1n) is 7.58. The van der Waals surface area contributed by atoms with Crippen molar-refractivity contribution in [1.82, 2.24) is 20.0 Å². The molecule has 0 N–H and O–H groups in total. The van der Waals surface area contributed by atoms with Crippen LogP contribution in [0.1, 0.15) is 5.69 Å². The van der Waals surface area contributed by atoms with Gasteiger partial charge in [-0.2, -0.15) is 0 Å². The minimum atomic E-state index is 0.791. The van der Waals surface area contributed by atoms with E-state index in [0.717, 1.165) is 59.8 Å². The molecule has 6 nitrogen and oxygen atoms in total. The van der Waals surface area contributed by atoms with Gasteiger partial charge in [0.15, 0.2) is 5.58 Å². The Morgan fingerprint density at radius 2 is 1.78 bits per heavy atom. The number of anilines is 1. The topological polar surface area (TPSA) is 58.3 Å². The van der Waals surface area contributed by atoms with E-state index in [9.17, 15) is 0 Å². The average Bonchev–Trinajstić information content (AvgIpc) is 3.00. The van der Waals surface area contributed by atoms with Gasteiger partial charge in [0.2, 0.25) is 5.95 Å². The minimum absolute atomic E-state index is 0.791. The molecule has 7 heteroatoms. The van der Waals surface area contributed by atoms with E-state index in [2.05, 4.69) is 46.9 Å². The highest BCUT2D eigenvalue weighted by molar-refractivity contribution is 9.10. The molecule has 3 heterocycles. The predicted octanol–water partition coefficient (Wildman–Crippen LogP) is 2.70. The van der Waals surface area contributed by atoms with Crippen molar-refractivity contribution >= 4 is 32.8 Å². The van der Waals surface area contributed by atoms with Crippen LogP contribution in [0.2, 0.25) is 0 Å². The summed E-state index contributed by atoms with van der Waals surface area (Å²) in [5, 5.41) is 5.32. The normalized spacial score (nSPS) is 16.1. The highest BCUT2D eigenvalue weighted by Gasteiger charge is 2.20. The Balaban J connectivity index is 1.41. The van der Waals surface area contributed by atoms with Crippen LogP contribution < -0.4 is 4.90 Å². The van der Waals surface area contributed by atoms with E-state index < -0.39 is 0 Å². The predicted molar refractivity (Wildman–Crippen MR) is 91.2 cm³/mol. The van der Waals surface area contributed by atoms with Gasteiger partial charge in [-0.1, -0.05) is 17.3 Å². The quantitative estimate of drug-likeness (QED) is 0.703. The number of hydrogen-bond donors (Lipinski definition) is 0. The van der Waals surface area contributed by atoms with Crippen molar-refractivity contribution < 1.29 is 4.52 Å². The summed E-state index contributed by atoms with van der Waals surface area (Å²) in [5.41, 5.74) is 1.86. The number of hydrogen-bond acceptors (Lipinski definition) is 6. The van der Waals surface area contributed by atoms with E-state index >= 15 is 0 Å². The maximum absolute atomic E-state index is 5.38. The van der Waals surface area contributed by atoms with Crippen LogP contribution in [0.15, 0.2) is 45.7 Å². The summed E-state index contributed by atoms with van der Waals surface area (Å²) in [6.45, 7) is 4.56. The van der Waals surface area contributed by atoms with Gasteiger partial charge in [0.1, 0.15) is 5.69 Å². The van der Waals surface area contributed by atoms with Crippen LogP contribution in [0.4, 0.5) is 5.95 Å². The molecule has 0 atom stereocenters. The molecule has 0 bridgehead atoms. The molecule has 1 aliphatic heterocycles. The first kappa shape index (κ1) is 14.6. The van der Waals surface area contributed by atoms with Gasteiger partial charge in [-0.3, -0.25) is 4.90 Å². The number of rotatable bonds is 3. The van der Waals surface area contributed by atoms with Crippen LogP contribution in [0, 0.1) is 0 Å². The van der Waals surface area contributed by atoms with Crippen molar-refractivity contribution in [3.05, 3.63) is 46.8 Å². The van der Waals surface area contributed by atoms with Crippen LogP contribution in [0.5, 0.6) is 0 Å². The molecule has 1 fully saturated rings. The highest BCUT2D eigenvalue weighted by Crippen LogP contribution is 2.20. The molecule has 0 saturated carbocycles. The van der Waals surface area contributed by atoms with Gasteiger partial charge in [0.05, 0.1) is 4.47 Å². The van der Waals surface area contributed by atoms with Gasteiger partial charge in [-0.15, -0.1) is 0 Å². The second-order valence-corrected chi connectivity index (χ2v) is 6.51. The summed E-state index contributed by atoms with van der Waals surface area (Å²) in [5.74, 6) is 0.791. The summed E-state index contributed by atoms with van der Waals surface area (Å²) in [7, 11) is 0. The SMILES string of the molecule is Brc1cnc(N2CCN(Cc3noc4ccccc34)CC2)nc1. The lowest BCUT2D eigenvalue weighted by atomic mass is 10.2. The Bertz CT molecular complexity index is 796. The number of nitrogens with zero attached hydrogens (tertiary/aromatic N) is 5. The zero-order valence-corrected chi connectivity index (χ0v) is 14.1. The van der Waals surface area contributed by atoms with Gasteiger partial charge >= 0.3 is 0 Å². The molecule has 0 spiro atoms. The van der Waals surface area contributed by atoms with Crippen LogP contribution >= 0.6 is 15.9 Å².